The molecule has 1 aliphatic heterocycles. The van der Waals surface area contributed by atoms with Crippen LogP contribution in [0.2, 0.25) is 5.02 Å². The molecule has 0 bridgehead atoms. The number of hydrogen-bond donors (Lipinski definition) is 2. The van der Waals surface area contributed by atoms with Crippen LogP contribution in [0, 0.1) is 17.1 Å². The summed E-state index contributed by atoms with van der Waals surface area (Å²) in [7, 11) is 0. The molecule has 1 atom stereocenters. The number of thiophene rings is 1. The number of nitrogens with one attached hydrogen (secondary N) is 2. The Labute approximate surface area is 214 Å². The number of nitriles is 1. The lowest BCUT2D eigenvalue weighted by molar-refractivity contribution is 0.0961. The van der Waals surface area contributed by atoms with E-state index in [-0.39, 0.29) is 16.6 Å². The van der Waals surface area contributed by atoms with Gasteiger partial charge in [0.1, 0.15) is 17.6 Å². The van der Waals surface area contributed by atoms with Gasteiger partial charge in [-0.2, -0.15) is 5.26 Å². The fourth-order valence-electron chi connectivity index (χ4n) is 5.12. The molecule has 1 unspecified atom stereocenters. The van der Waals surface area contributed by atoms with E-state index in [0.717, 1.165) is 31.2 Å². The molecule has 6 rings (SSSR count). The second-order valence-corrected chi connectivity index (χ2v) is 10.2. The lowest BCUT2D eigenvalue weighted by atomic mass is 9.93. The van der Waals surface area contributed by atoms with E-state index in [1.54, 1.807) is 23.5 Å². The largest absolute Gasteiger partial charge is 0.341 e. The number of amides is 2. The zero-order chi connectivity index (χ0) is 25.0. The van der Waals surface area contributed by atoms with E-state index in [1.807, 2.05) is 11.4 Å². The van der Waals surface area contributed by atoms with E-state index >= 15 is 0 Å². The van der Waals surface area contributed by atoms with Gasteiger partial charge in [0.2, 0.25) is 0 Å². The van der Waals surface area contributed by atoms with Gasteiger partial charge in [-0.05, 0) is 67.6 Å². The molecule has 2 aromatic carbocycles. The summed E-state index contributed by atoms with van der Waals surface area (Å²) in [4.78, 5) is 32.3. The van der Waals surface area contributed by atoms with Crippen LogP contribution in [0.4, 0.5) is 10.1 Å². The van der Waals surface area contributed by atoms with Crippen LogP contribution < -0.4 is 10.6 Å². The normalized spacial score (nSPS) is 16.2. The molecule has 0 radical (unpaired) electrons. The van der Waals surface area contributed by atoms with E-state index in [9.17, 15) is 19.2 Å². The number of benzene rings is 2. The average Bonchev–Trinajstić information content (AvgIpc) is 3.47. The van der Waals surface area contributed by atoms with E-state index < -0.39 is 17.8 Å². The Kier molecular flexibility index (Phi) is 5.47. The van der Waals surface area contributed by atoms with E-state index in [4.69, 9.17) is 11.6 Å². The molecule has 9 heteroatoms. The fourth-order valence-corrected chi connectivity index (χ4v) is 6.47. The van der Waals surface area contributed by atoms with Crippen LogP contribution in [0.15, 0.2) is 41.8 Å². The van der Waals surface area contributed by atoms with Crippen molar-refractivity contribution >= 4 is 51.3 Å². The van der Waals surface area contributed by atoms with Crippen LogP contribution >= 0.6 is 22.9 Å². The Balaban J connectivity index is 1.54. The van der Waals surface area contributed by atoms with Crippen LogP contribution in [0.5, 0.6) is 0 Å². The minimum Gasteiger partial charge on any atom is -0.341 e. The number of carbonyl (C=O) groups excluding carboxylic acids is 2. The number of rotatable bonds is 3. The maximum absolute atomic E-state index is 14.2. The lowest BCUT2D eigenvalue weighted by Crippen LogP contribution is -2.21. The average molecular weight is 517 g/mol. The Bertz CT molecular complexity index is 1640. The number of nitrogens with zero attached hydrogens (tertiary/aromatic N) is 2. The zero-order valence-electron chi connectivity index (χ0n) is 18.8. The molecule has 2 N–H and O–H groups in total. The van der Waals surface area contributed by atoms with Crippen molar-refractivity contribution in [1.82, 2.24) is 10.3 Å². The Morgan fingerprint density at radius 1 is 1.22 bits per heavy atom. The van der Waals surface area contributed by atoms with Crippen LogP contribution in [-0.2, 0) is 12.8 Å². The summed E-state index contributed by atoms with van der Waals surface area (Å²) in [5.74, 6) is -1.17. The molecule has 6 nitrogen and oxygen atoms in total. The fraction of sp³-hybridized carbons (Fsp3) is 0.185. The third kappa shape index (κ3) is 3.63. The summed E-state index contributed by atoms with van der Waals surface area (Å²) in [6, 6.07) is 10.1. The molecule has 2 aliphatic rings. The molecule has 0 spiro atoms. The van der Waals surface area contributed by atoms with Gasteiger partial charge in [-0.25, -0.2) is 9.37 Å². The maximum atomic E-state index is 14.2. The van der Waals surface area contributed by atoms with Gasteiger partial charge in [0.25, 0.3) is 11.8 Å². The summed E-state index contributed by atoms with van der Waals surface area (Å²) in [5.41, 5.74) is 3.84. The smallest absolute Gasteiger partial charge is 0.256 e. The van der Waals surface area contributed by atoms with Gasteiger partial charge >= 0.3 is 0 Å². The molecule has 0 saturated heterocycles. The van der Waals surface area contributed by atoms with Crippen LogP contribution in [0.1, 0.15) is 66.9 Å². The van der Waals surface area contributed by atoms with Crippen molar-refractivity contribution in [2.75, 3.05) is 5.32 Å². The van der Waals surface area contributed by atoms with E-state index in [0.29, 0.717) is 38.8 Å². The Hall–Kier alpha value is -3.80. The third-order valence-corrected chi connectivity index (χ3v) is 8.20. The first-order valence-electron chi connectivity index (χ1n) is 11.5. The highest BCUT2D eigenvalue weighted by Crippen LogP contribution is 2.43. The Morgan fingerprint density at radius 2 is 2.06 bits per heavy atom. The Morgan fingerprint density at radius 3 is 2.89 bits per heavy atom. The van der Waals surface area contributed by atoms with Gasteiger partial charge in [-0.3, -0.25) is 9.59 Å². The van der Waals surface area contributed by atoms with Gasteiger partial charge in [0, 0.05) is 37.5 Å². The second-order valence-electron chi connectivity index (χ2n) is 8.87. The number of anilines is 1. The highest BCUT2D eigenvalue weighted by molar-refractivity contribution is 7.10. The molecule has 1 aliphatic carbocycles. The van der Waals surface area contributed by atoms with Gasteiger partial charge in [0.05, 0.1) is 22.7 Å². The summed E-state index contributed by atoms with van der Waals surface area (Å²) in [6.07, 6.45) is 3.97. The molecule has 0 fully saturated rings. The molecular formula is C27H18ClFN4O2S. The standard InChI is InChI=1S/C27H18ClFN4O2S/c28-19-8-5-13(29)9-17(19)25-24-21(32-26(34)18-12-36-22-4-2-1-3-15(18)22)10-20-16(23(24)27(35)33-25)7-6-14(11-30)31-20/h5-10,12,25H,1-4H2,(H,32,34)(H,33,35). The van der Waals surface area contributed by atoms with E-state index in [1.165, 1.54) is 29.1 Å². The van der Waals surface area contributed by atoms with Crippen LogP contribution in [0.3, 0.4) is 0 Å². The number of halogens is 2. The third-order valence-electron chi connectivity index (χ3n) is 6.76. The van der Waals surface area contributed by atoms with Crippen molar-refractivity contribution in [1.29, 1.82) is 5.26 Å². The predicted molar refractivity (Wildman–Crippen MR) is 136 cm³/mol. The topological polar surface area (TPSA) is 94.9 Å². The van der Waals surface area contributed by atoms with Gasteiger partial charge in [-0.15, -0.1) is 11.3 Å². The van der Waals surface area contributed by atoms with Crippen LogP contribution in [0.25, 0.3) is 10.9 Å². The highest BCUT2D eigenvalue weighted by atomic mass is 35.5. The molecule has 2 amide bonds. The number of aromatic nitrogens is 1. The number of hydrogen-bond acceptors (Lipinski definition) is 5. The zero-order valence-corrected chi connectivity index (χ0v) is 20.4. The van der Waals surface area contributed by atoms with Gasteiger partial charge in [0.15, 0.2) is 0 Å². The van der Waals surface area contributed by atoms with Crippen molar-refractivity contribution in [3.8, 4) is 6.07 Å². The minimum absolute atomic E-state index is 0.190. The van der Waals surface area contributed by atoms with Crippen molar-refractivity contribution in [2.45, 2.75) is 31.7 Å². The van der Waals surface area contributed by atoms with Gasteiger partial charge < -0.3 is 10.6 Å². The summed E-state index contributed by atoms with van der Waals surface area (Å²) < 4.78 is 14.2. The molecule has 0 saturated carbocycles. The van der Waals surface area contributed by atoms with Crippen molar-refractivity contribution in [3.05, 3.63) is 91.0 Å². The first-order chi connectivity index (χ1) is 17.4. The first-order valence-corrected chi connectivity index (χ1v) is 12.7. The molecule has 36 heavy (non-hydrogen) atoms. The number of aryl methyl sites for hydroxylation is 1. The maximum Gasteiger partial charge on any atom is 0.256 e. The summed E-state index contributed by atoms with van der Waals surface area (Å²) in [6.45, 7) is 0. The summed E-state index contributed by atoms with van der Waals surface area (Å²) >= 11 is 8.01. The van der Waals surface area contributed by atoms with E-state index in [2.05, 4.69) is 15.6 Å². The number of carbonyl (C=O) groups is 2. The molecule has 4 aromatic rings. The van der Waals surface area contributed by atoms with Crippen molar-refractivity contribution < 1.29 is 14.0 Å². The number of pyridine rings is 1. The molecular weight excluding hydrogens is 499 g/mol. The monoisotopic (exact) mass is 516 g/mol. The first kappa shape index (κ1) is 22.7. The lowest BCUT2D eigenvalue weighted by Gasteiger charge is -2.19. The second kappa shape index (κ2) is 8.70. The van der Waals surface area contributed by atoms with Crippen molar-refractivity contribution in [3.63, 3.8) is 0 Å². The molecule has 178 valence electrons. The minimum atomic E-state index is -0.776. The highest BCUT2D eigenvalue weighted by Gasteiger charge is 2.36. The molecule has 2 aromatic heterocycles. The van der Waals surface area contributed by atoms with Crippen LogP contribution in [-0.4, -0.2) is 16.8 Å². The molecule has 3 heterocycles. The van der Waals surface area contributed by atoms with Gasteiger partial charge in [-0.1, -0.05) is 11.6 Å². The SMILES string of the molecule is N#Cc1ccc2c3c(c(NC(=O)c4csc5c4CCCC5)cc2n1)C(c1cc(F)ccc1Cl)NC3=O. The summed E-state index contributed by atoms with van der Waals surface area (Å²) in [5, 5.41) is 17.9. The van der Waals surface area contributed by atoms with Crippen molar-refractivity contribution in [2.24, 2.45) is 0 Å². The quantitative estimate of drug-likeness (QED) is 0.353. The predicted octanol–water partition coefficient (Wildman–Crippen LogP) is 5.92. The number of fused-ring (bicyclic) bond motifs is 4.